The number of aromatic hydroxyl groups is 1. The van der Waals surface area contributed by atoms with E-state index in [9.17, 15) is 25.1 Å². The number of nitro groups is 1. The summed E-state index contributed by atoms with van der Waals surface area (Å²) in [5, 5.41) is 34.6. The molecule has 0 fully saturated rings. The number of aliphatic hydroxyl groups excluding tert-OH is 1. The Balaban J connectivity index is 2.16. The van der Waals surface area contributed by atoms with Crippen molar-refractivity contribution in [3.8, 4) is 11.5 Å². The van der Waals surface area contributed by atoms with Crippen molar-refractivity contribution in [3.63, 3.8) is 0 Å². The van der Waals surface area contributed by atoms with E-state index in [2.05, 4.69) is 10.5 Å². The third kappa shape index (κ3) is 4.54. The average Bonchev–Trinajstić information content (AvgIpc) is 2.64. The number of ether oxygens (including phenoxy) is 1. The maximum atomic E-state index is 11.9. The van der Waals surface area contributed by atoms with Crippen molar-refractivity contribution in [2.45, 2.75) is 13.0 Å². The lowest BCUT2D eigenvalue weighted by Crippen LogP contribution is -2.25. The molecule has 0 heterocycles. The van der Waals surface area contributed by atoms with Crippen LogP contribution in [0.2, 0.25) is 0 Å². The number of hydrogen-bond donors (Lipinski definition) is 3. The normalized spacial score (nSPS) is 11.9. The Morgan fingerprint density at radius 3 is 2.69 bits per heavy atom. The van der Waals surface area contributed by atoms with E-state index in [0.29, 0.717) is 5.56 Å². The summed E-state index contributed by atoms with van der Waals surface area (Å²) in [7, 11) is 0. The second-order valence-electron chi connectivity index (χ2n) is 5.12. The minimum absolute atomic E-state index is 0.0165. The first-order valence-corrected chi connectivity index (χ1v) is 7.64. The van der Waals surface area contributed by atoms with Crippen molar-refractivity contribution in [2.75, 3.05) is 6.61 Å². The number of phenolic OH excluding ortho intramolecular Hbond substituents is 1. The van der Waals surface area contributed by atoms with Gasteiger partial charge in [0.25, 0.3) is 11.6 Å². The molecule has 1 atom stereocenters. The van der Waals surface area contributed by atoms with Gasteiger partial charge in [-0.05, 0) is 12.5 Å². The zero-order valence-corrected chi connectivity index (χ0v) is 13.8. The van der Waals surface area contributed by atoms with Gasteiger partial charge in [-0.25, -0.2) is 5.43 Å². The van der Waals surface area contributed by atoms with Crippen LogP contribution in [0.15, 0.2) is 47.6 Å². The fraction of sp³-hybridized carbons (Fsp3) is 0.176. The molecular formula is C17H17N3O6. The van der Waals surface area contributed by atoms with Crippen molar-refractivity contribution in [1.82, 2.24) is 5.43 Å². The average molecular weight is 359 g/mol. The number of hydrazone groups is 1. The molecule has 1 amide bonds. The zero-order valence-electron chi connectivity index (χ0n) is 13.8. The van der Waals surface area contributed by atoms with Crippen molar-refractivity contribution in [2.24, 2.45) is 5.10 Å². The Morgan fingerprint density at radius 1 is 1.38 bits per heavy atom. The van der Waals surface area contributed by atoms with Gasteiger partial charge in [-0.1, -0.05) is 30.3 Å². The van der Waals surface area contributed by atoms with E-state index >= 15 is 0 Å². The topological polar surface area (TPSA) is 134 Å². The van der Waals surface area contributed by atoms with Gasteiger partial charge in [-0.3, -0.25) is 14.9 Å². The highest BCUT2D eigenvalue weighted by Crippen LogP contribution is 2.33. The monoisotopic (exact) mass is 359 g/mol. The lowest BCUT2D eigenvalue weighted by molar-refractivity contribution is -0.385. The van der Waals surface area contributed by atoms with Crippen LogP contribution in [-0.2, 0) is 4.79 Å². The van der Waals surface area contributed by atoms with Crippen molar-refractivity contribution < 1.29 is 24.7 Å². The first-order valence-electron chi connectivity index (χ1n) is 7.64. The molecule has 0 unspecified atom stereocenters. The standard InChI is InChI=1S/C17H17N3O6/c1-2-26-14-9-13(20(24)25)8-12(15(14)21)10-18-19-17(23)16(22)11-6-4-3-5-7-11/h3-10,16,21-22H,2H2,1H3,(H,19,23)/b18-10-/t16-/m0/s1. The number of carbonyl (C=O) groups is 1. The summed E-state index contributed by atoms with van der Waals surface area (Å²) in [6, 6.07) is 10.4. The van der Waals surface area contributed by atoms with Crippen molar-refractivity contribution >= 4 is 17.8 Å². The molecule has 0 aromatic heterocycles. The third-order valence-electron chi connectivity index (χ3n) is 3.34. The van der Waals surface area contributed by atoms with Crippen LogP contribution < -0.4 is 10.2 Å². The van der Waals surface area contributed by atoms with Crippen LogP contribution in [0.4, 0.5) is 5.69 Å². The van der Waals surface area contributed by atoms with E-state index in [4.69, 9.17) is 4.74 Å². The van der Waals surface area contributed by atoms with E-state index in [1.807, 2.05) is 0 Å². The van der Waals surface area contributed by atoms with Gasteiger partial charge >= 0.3 is 0 Å². The first kappa shape index (κ1) is 18.9. The molecule has 3 N–H and O–H groups in total. The lowest BCUT2D eigenvalue weighted by Gasteiger charge is -2.09. The zero-order chi connectivity index (χ0) is 19.1. The van der Waals surface area contributed by atoms with Gasteiger partial charge in [-0.2, -0.15) is 5.10 Å². The van der Waals surface area contributed by atoms with E-state index in [-0.39, 0.29) is 29.4 Å². The Hall–Kier alpha value is -3.46. The van der Waals surface area contributed by atoms with Crippen LogP contribution in [0.3, 0.4) is 0 Å². The number of nitrogens with zero attached hydrogens (tertiary/aromatic N) is 2. The molecule has 0 radical (unpaired) electrons. The molecule has 2 rings (SSSR count). The molecule has 0 spiro atoms. The molecule has 136 valence electrons. The summed E-state index contributed by atoms with van der Waals surface area (Å²) >= 11 is 0. The Kier molecular flexibility index (Phi) is 6.23. The predicted octanol–water partition coefficient (Wildman–Crippen LogP) is 1.88. The van der Waals surface area contributed by atoms with Gasteiger partial charge in [0.05, 0.1) is 23.8 Å². The van der Waals surface area contributed by atoms with Crippen LogP contribution in [0.1, 0.15) is 24.2 Å². The summed E-state index contributed by atoms with van der Waals surface area (Å²) in [4.78, 5) is 22.2. The Morgan fingerprint density at radius 2 is 2.08 bits per heavy atom. The number of aliphatic hydroxyl groups is 1. The third-order valence-corrected chi connectivity index (χ3v) is 3.34. The molecule has 0 aliphatic heterocycles. The molecule has 0 saturated heterocycles. The Labute approximate surface area is 148 Å². The van der Waals surface area contributed by atoms with Crippen LogP contribution in [0.5, 0.6) is 11.5 Å². The molecule has 0 saturated carbocycles. The first-order chi connectivity index (χ1) is 12.4. The number of nitro benzene ring substituents is 1. The Bertz CT molecular complexity index is 823. The van der Waals surface area contributed by atoms with Crippen LogP contribution in [0, 0.1) is 10.1 Å². The van der Waals surface area contributed by atoms with E-state index in [1.54, 1.807) is 37.3 Å². The maximum Gasteiger partial charge on any atom is 0.274 e. The molecule has 9 nitrogen and oxygen atoms in total. The summed E-state index contributed by atoms with van der Waals surface area (Å²) in [5.74, 6) is -1.21. The molecule has 0 bridgehead atoms. The van der Waals surface area contributed by atoms with Gasteiger partial charge in [0.1, 0.15) is 0 Å². The van der Waals surface area contributed by atoms with E-state index in [1.165, 1.54) is 0 Å². The summed E-state index contributed by atoms with van der Waals surface area (Å²) in [6.45, 7) is 1.86. The van der Waals surface area contributed by atoms with Gasteiger partial charge in [0.15, 0.2) is 17.6 Å². The van der Waals surface area contributed by atoms with Crippen LogP contribution in [-0.4, -0.2) is 33.9 Å². The van der Waals surface area contributed by atoms with Gasteiger partial charge < -0.3 is 14.9 Å². The minimum atomic E-state index is -1.42. The largest absolute Gasteiger partial charge is 0.504 e. The minimum Gasteiger partial charge on any atom is -0.504 e. The van der Waals surface area contributed by atoms with Gasteiger partial charge in [-0.15, -0.1) is 0 Å². The molecule has 26 heavy (non-hydrogen) atoms. The number of phenols is 1. The van der Waals surface area contributed by atoms with Gasteiger partial charge in [0.2, 0.25) is 0 Å². The lowest BCUT2D eigenvalue weighted by atomic mass is 10.1. The molecule has 2 aromatic carbocycles. The summed E-state index contributed by atoms with van der Waals surface area (Å²) < 4.78 is 5.15. The van der Waals surface area contributed by atoms with E-state index < -0.39 is 16.9 Å². The van der Waals surface area contributed by atoms with Crippen molar-refractivity contribution in [1.29, 1.82) is 0 Å². The number of hydrogen-bond acceptors (Lipinski definition) is 7. The highest BCUT2D eigenvalue weighted by molar-refractivity contribution is 5.88. The fourth-order valence-electron chi connectivity index (χ4n) is 2.10. The molecular weight excluding hydrogens is 342 g/mol. The quantitative estimate of drug-likeness (QED) is 0.392. The second-order valence-corrected chi connectivity index (χ2v) is 5.12. The maximum absolute atomic E-state index is 11.9. The number of amides is 1. The van der Waals surface area contributed by atoms with E-state index in [0.717, 1.165) is 18.3 Å². The van der Waals surface area contributed by atoms with Crippen LogP contribution >= 0.6 is 0 Å². The SMILES string of the molecule is CCOc1cc([N+](=O)[O-])cc(/C=N\NC(=O)[C@@H](O)c2ccccc2)c1O. The molecule has 0 aliphatic carbocycles. The fourth-order valence-corrected chi connectivity index (χ4v) is 2.10. The number of rotatable bonds is 7. The summed E-state index contributed by atoms with van der Waals surface area (Å²) in [6.07, 6.45) is -0.397. The van der Waals surface area contributed by atoms with Crippen LogP contribution in [0.25, 0.3) is 0 Å². The smallest absolute Gasteiger partial charge is 0.274 e. The predicted molar refractivity (Wildman–Crippen MR) is 93.1 cm³/mol. The second kappa shape index (κ2) is 8.58. The van der Waals surface area contributed by atoms with Gasteiger partial charge in [0, 0.05) is 11.6 Å². The number of non-ortho nitro benzene ring substituents is 1. The summed E-state index contributed by atoms with van der Waals surface area (Å²) in [5.41, 5.74) is 2.18. The highest BCUT2D eigenvalue weighted by atomic mass is 16.6. The molecule has 9 heteroatoms. The van der Waals surface area contributed by atoms with Crippen molar-refractivity contribution in [3.05, 3.63) is 63.7 Å². The number of nitrogens with one attached hydrogen (secondary N) is 1. The number of benzene rings is 2. The molecule has 2 aromatic rings. The molecule has 0 aliphatic rings. The number of carbonyl (C=O) groups excluding carboxylic acids is 1. The highest BCUT2D eigenvalue weighted by Gasteiger charge is 2.18.